The average Bonchev–Trinajstić information content (AvgIpc) is 2.87. The van der Waals surface area contributed by atoms with E-state index in [0.717, 1.165) is 43.1 Å². The van der Waals surface area contributed by atoms with Gasteiger partial charge in [0.1, 0.15) is 0 Å². The van der Waals surface area contributed by atoms with Crippen molar-refractivity contribution in [2.24, 2.45) is 0 Å². The van der Waals surface area contributed by atoms with E-state index >= 15 is 0 Å². The number of piperazine rings is 1. The zero-order valence-corrected chi connectivity index (χ0v) is 21.1. The molecule has 0 unspecified atom stereocenters. The van der Waals surface area contributed by atoms with Gasteiger partial charge in [-0.15, -0.1) is 0 Å². The molecule has 2 saturated heterocycles. The number of likely N-dealkylation sites (N-methyl/N-ethyl adjacent to an activating group) is 1. The fourth-order valence-electron chi connectivity index (χ4n) is 4.33. The van der Waals surface area contributed by atoms with E-state index in [9.17, 15) is 18.7 Å². The summed E-state index contributed by atoms with van der Waals surface area (Å²) in [6.07, 6.45) is 0. The highest BCUT2D eigenvalue weighted by Crippen LogP contribution is 2.40. The maximum atomic E-state index is 13.7. The minimum atomic E-state index is -2.61. The Balaban J connectivity index is 1.59. The number of amides is 2. The van der Waals surface area contributed by atoms with Crippen molar-refractivity contribution in [3.05, 3.63) is 59.7 Å². The quantitative estimate of drug-likeness (QED) is 0.605. The monoisotopic (exact) mass is 502 g/mol. The van der Waals surface area contributed by atoms with Gasteiger partial charge in [0, 0.05) is 50.6 Å². The Hall–Kier alpha value is -2.79. The molecule has 9 nitrogen and oxygen atoms in total. The van der Waals surface area contributed by atoms with Crippen LogP contribution in [0.4, 0.5) is 16.2 Å². The van der Waals surface area contributed by atoms with Crippen LogP contribution in [0.2, 0.25) is 0 Å². The van der Waals surface area contributed by atoms with Crippen molar-refractivity contribution in [1.29, 1.82) is 0 Å². The first-order valence-electron chi connectivity index (χ1n) is 11.8. The van der Waals surface area contributed by atoms with Gasteiger partial charge < -0.3 is 19.4 Å². The largest absolute Gasteiger partial charge is 0.465 e. The van der Waals surface area contributed by atoms with E-state index in [4.69, 9.17) is 4.74 Å². The molecule has 35 heavy (non-hydrogen) atoms. The summed E-state index contributed by atoms with van der Waals surface area (Å²) in [6, 6.07) is 14.9. The molecule has 0 aliphatic carbocycles. The van der Waals surface area contributed by atoms with Gasteiger partial charge in [-0.25, -0.2) is 9.59 Å². The molecule has 2 N–H and O–H groups in total. The second-order valence-electron chi connectivity index (χ2n) is 9.06. The lowest BCUT2D eigenvalue weighted by Gasteiger charge is -2.42. The molecule has 0 spiro atoms. The number of hydrogen-bond donors (Lipinski definition) is 2. The molecule has 2 aliphatic rings. The SMILES string of the molecule is COC(=O)c1ccc(CN(C(=O)N2CCS(O)(O)CC2)c2cccc(N3CCN(C)CC3)c2)cc1. The van der Waals surface area contributed by atoms with Crippen LogP contribution in [0.25, 0.3) is 0 Å². The number of anilines is 2. The third-order valence-corrected chi connectivity index (χ3v) is 8.28. The molecule has 2 aromatic carbocycles. The van der Waals surface area contributed by atoms with Crippen molar-refractivity contribution < 1.29 is 23.4 Å². The smallest absolute Gasteiger partial charge is 0.337 e. The van der Waals surface area contributed by atoms with Gasteiger partial charge in [-0.3, -0.25) is 14.0 Å². The Morgan fingerprint density at radius 2 is 1.63 bits per heavy atom. The van der Waals surface area contributed by atoms with Crippen molar-refractivity contribution in [2.75, 3.05) is 74.7 Å². The second kappa shape index (κ2) is 10.9. The number of methoxy groups -OCH3 is 1. The number of urea groups is 1. The lowest BCUT2D eigenvalue weighted by atomic mass is 10.1. The van der Waals surface area contributed by atoms with Crippen LogP contribution in [0, 0.1) is 0 Å². The van der Waals surface area contributed by atoms with Gasteiger partial charge in [0.2, 0.25) is 0 Å². The zero-order valence-electron chi connectivity index (χ0n) is 20.3. The van der Waals surface area contributed by atoms with E-state index in [1.165, 1.54) is 7.11 Å². The molecule has 2 heterocycles. The van der Waals surface area contributed by atoms with Gasteiger partial charge in [0.25, 0.3) is 0 Å². The zero-order chi connectivity index (χ0) is 25.0. The van der Waals surface area contributed by atoms with Crippen molar-refractivity contribution in [3.63, 3.8) is 0 Å². The molecular weight excluding hydrogens is 468 g/mol. The molecule has 10 heteroatoms. The summed E-state index contributed by atoms with van der Waals surface area (Å²) in [4.78, 5) is 33.5. The summed E-state index contributed by atoms with van der Waals surface area (Å²) in [5.74, 6) is -0.0135. The molecule has 2 aromatic rings. The number of rotatable bonds is 5. The van der Waals surface area contributed by atoms with Gasteiger partial charge in [-0.2, -0.15) is 10.6 Å². The maximum absolute atomic E-state index is 13.7. The van der Waals surface area contributed by atoms with Crippen LogP contribution >= 0.6 is 10.6 Å². The molecule has 4 rings (SSSR count). The van der Waals surface area contributed by atoms with Crippen LogP contribution in [0.3, 0.4) is 0 Å². The van der Waals surface area contributed by atoms with Gasteiger partial charge in [0.05, 0.1) is 30.7 Å². The topological polar surface area (TPSA) is 96.8 Å². The molecule has 0 radical (unpaired) electrons. The minimum absolute atomic E-state index is 0.174. The van der Waals surface area contributed by atoms with Crippen LogP contribution < -0.4 is 9.80 Å². The standard InChI is InChI=1S/C25H34N4O5S/c1-26-10-12-27(13-11-26)22-4-3-5-23(18-22)29(25(31)28-14-16-35(32,33)17-15-28)19-20-6-8-21(9-7-20)24(30)34-2/h3-9,18,32-33H,10-17,19H2,1-2H3. The maximum Gasteiger partial charge on any atom is 0.337 e. The number of esters is 1. The van der Waals surface area contributed by atoms with Crippen molar-refractivity contribution in [3.8, 4) is 0 Å². The first-order chi connectivity index (χ1) is 16.8. The Morgan fingerprint density at radius 3 is 2.26 bits per heavy atom. The summed E-state index contributed by atoms with van der Waals surface area (Å²) in [7, 11) is 0.857. The number of carbonyl (C=O) groups is 2. The number of hydrogen-bond acceptors (Lipinski definition) is 7. The molecular formula is C25H34N4O5S. The van der Waals surface area contributed by atoms with Crippen molar-refractivity contribution in [2.45, 2.75) is 6.54 Å². The van der Waals surface area contributed by atoms with E-state index in [1.807, 2.05) is 30.3 Å². The van der Waals surface area contributed by atoms with Crippen LogP contribution in [0.1, 0.15) is 15.9 Å². The fraction of sp³-hybridized carbons (Fsp3) is 0.440. The summed E-state index contributed by atoms with van der Waals surface area (Å²) in [6.45, 7) is 4.74. The summed E-state index contributed by atoms with van der Waals surface area (Å²) in [5.41, 5.74) is 3.17. The lowest BCUT2D eigenvalue weighted by molar-refractivity contribution is 0.0600. The Bertz CT molecular complexity index is 1030. The summed E-state index contributed by atoms with van der Waals surface area (Å²) < 4.78 is 24.8. The molecule has 2 aliphatic heterocycles. The number of benzene rings is 2. The fourth-order valence-corrected chi connectivity index (χ4v) is 5.56. The van der Waals surface area contributed by atoms with Gasteiger partial charge in [0.15, 0.2) is 0 Å². The number of ether oxygens (including phenoxy) is 1. The molecule has 0 aromatic heterocycles. The predicted octanol–water partition coefficient (Wildman–Crippen LogP) is 3.42. The predicted molar refractivity (Wildman–Crippen MR) is 140 cm³/mol. The molecule has 0 saturated carbocycles. The number of carbonyl (C=O) groups excluding carboxylic acids is 2. The minimum Gasteiger partial charge on any atom is -0.465 e. The Labute approximate surface area is 208 Å². The van der Waals surface area contributed by atoms with E-state index < -0.39 is 16.6 Å². The highest BCUT2D eigenvalue weighted by Gasteiger charge is 2.29. The van der Waals surface area contributed by atoms with Crippen molar-refractivity contribution >= 4 is 34.0 Å². The van der Waals surface area contributed by atoms with Gasteiger partial charge >= 0.3 is 12.0 Å². The molecule has 0 atom stereocenters. The van der Waals surface area contributed by atoms with Crippen LogP contribution in [-0.4, -0.2) is 95.8 Å². The molecule has 190 valence electrons. The van der Waals surface area contributed by atoms with Crippen LogP contribution in [0.5, 0.6) is 0 Å². The molecule has 2 amide bonds. The third-order valence-electron chi connectivity index (χ3n) is 6.60. The van der Waals surface area contributed by atoms with Gasteiger partial charge in [-0.05, 0) is 42.9 Å². The Kier molecular flexibility index (Phi) is 7.85. The Morgan fingerprint density at radius 1 is 0.971 bits per heavy atom. The van der Waals surface area contributed by atoms with E-state index in [1.54, 1.807) is 21.9 Å². The molecule has 2 fully saturated rings. The first-order valence-corrected chi connectivity index (χ1v) is 13.6. The number of nitrogens with zero attached hydrogens (tertiary/aromatic N) is 4. The third kappa shape index (κ3) is 6.26. The van der Waals surface area contributed by atoms with Crippen LogP contribution in [-0.2, 0) is 11.3 Å². The average molecular weight is 503 g/mol. The van der Waals surface area contributed by atoms with E-state index in [2.05, 4.69) is 22.9 Å². The van der Waals surface area contributed by atoms with E-state index in [0.29, 0.717) is 25.2 Å². The normalized spacial score (nSPS) is 19.2. The van der Waals surface area contributed by atoms with Crippen molar-refractivity contribution in [1.82, 2.24) is 9.80 Å². The summed E-state index contributed by atoms with van der Waals surface area (Å²) >= 11 is 0. The summed E-state index contributed by atoms with van der Waals surface area (Å²) in [5, 5.41) is 0. The first kappa shape index (κ1) is 25.3. The lowest BCUT2D eigenvalue weighted by Crippen LogP contribution is -2.49. The highest BCUT2D eigenvalue weighted by molar-refractivity contribution is 8.24. The van der Waals surface area contributed by atoms with Gasteiger partial charge in [-0.1, -0.05) is 18.2 Å². The van der Waals surface area contributed by atoms with E-state index in [-0.39, 0.29) is 17.5 Å². The second-order valence-corrected chi connectivity index (χ2v) is 11.5. The van der Waals surface area contributed by atoms with Crippen LogP contribution in [0.15, 0.2) is 48.5 Å². The molecule has 0 bridgehead atoms. The highest BCUT2D eigenvalue weighted by atomic mass is 32.3.